The van der Waals surface area contributed by atoms with E-state index in [0.717, 1.165) is 30.1 Å². The van der Waals surface area contributed by atoms with Gasteiger partial charge in [-0.1, -0.05) is 94.2 Å². The van der Waals surface area contributed by atoms with Gasteiger partial charge in [0.25, 0.3) is 0 Å². The van der Waals surface area contributed by atoms with Gasteiger partial charge in [0, 0.05) is 12.8 Å². The molecular formula is C37H72O15Si4. The summed E-state index contributed by atoms with van der Waals surface area (Å²) in [6.45, 7) is 22.2. The predicted octanol–water partition coefficient (Wildman–Crippen LogP) is 7.76. The Morgan fingerprint density at radius 1 is 0.554 bits per heavy atom. The number of hydrogen-bond acceptors (Lipinski definition) is 13. The molecule has 2 N–H and O–H groups in total. The molecule has 0 heterocycles. The van der Waals surface area contributed by atoms with Crippen LogP contribution in [0, 0.1) is 17.8 Å². The molecule has 0 aliphatic carbocycles. The number of carboxylic acids is 2. The van der Waals surface area contributed by atoms with Gasteiger partial charge in [0.2, 0.25) is 0 Å². The number of benzene rings is 1. The van der Waals surface area contributed by atoms with E-state index in [9.17, 15) is 19.8 Å². The molecule has 1 rings (SSSR count). The zero-order valence-electron chi connectivity index (χ0n) is 32.0. The van der Waals surface area contributed by atoms with Crippen LogP contribution in [0.3, 0.4) is 0 Å². The second-order valence-electron chi connectivity index (χ2n) is 14.1. The summed E-state index contributed by atoms with van der Waals surface area (Å²) in [7, 11) is -10.0. The molecule has 0 fully saturated rings. The monoisotopic (exact) mass is 868 g/mol. The lowest BCUT2D eigenvalue weighted by molar-refractivity contribution is -0.193. The summed E-state index contributed by atoms with van der Waals surface area (Å²) < 4.78 is 21.5. The lowest BCUT2D eigenvalue weighted by Gasteiger charge is -2.44. The lowest BCUT2D eigenvalue weighted by atomic mass is 9.99. The molecule has 15 nitrogen and oxygen atoms in total. The number of hydrogen-bond donors (Lipinski definition) is 2. The van der Waals surface area contributed by atoms with E-state index < -0.39 is 51.6 Å². The Hall–Kier alpha value is -3.57. The summed E-state index contributed by atoms with van der Waals surface area (Å²) in [5, 5.41) is 19.7. The Morgan fingerprint density at radius 2 is 0.875 bits per heavy atom. The zero-order valence-corrected chi connectivity index (χ0v) is 36.0. The van der Waals surface area contributed by atoms with Gasteiger partial charge in [0.05, 0.1) is 0 Å². The van der Waals surface area contributed by atoms with Crippen LogP contribution in [0.2, 0.25) is 57.4 Å². The zero-order chi connectivity index (χ0) is 41.6. The average Bonchev–Trinajstić information content (AvgIpc) is 2.99. The summed E-state index contributed by atoms with van der Waals surface area (Å²) in [5.41, 5.74) is 0. The molecule has 0 aromatic heterocycles. The van der Waals surface area contributed by atoms with E-state index in [0.29, 0.717) is 24.3 Å². The van der Waals surface area contributed by atoms with Crippen LogP contribution in [-0.2, 0) is 60.3 Å². The Labute approximate surface area is 340 Å². The fraction of sp³-hybridized carbons (Fsp3) is 0.676. The first kappa shape index (κ1) is 70.3. The third-order valence-corrected chi connectivity index (χ3v) is 23.8. The molecule has 0 aliphatic heterocycles. The standard InChI is InChI=1S/C29H56O7Si4.4CO2.4CH4/c1-24(2)16-19-37(5,6)34-39(9,21-17-25(3)4)36-40(10,27-14-12-11-13-15-27)35-38(7,8)20-18-26(22-28(30)31)23-29(32)33;4*2-1-3;;;;/h11-15,24-26H,16-23H2,1-10H3,(H,30,31)(H,32,33);;;;;4*1H4. The topological polar surface area (TPSA) is 239 Å². The van der Waals surface area contributed by atoms with E-state index >= 15 is 0 Å². The Morgan fingerprint density at radius 3 is 1.21 bits per heavy atom. The van der Waals surface area contributed by atoms with Crippen molar-refractivity contribution in [3.8, 4) is 0 Å². The summed E-state index contributed by atoms with van der Waals surface area (Å²) in [4.78, 5) is 87.7. The summed E-state index contributed by atoms with van der Waals surface area (Å²) in [6, 6.07) is 12.9. The van der Waals surface area contributed by atoms with Crippen LogP contribution in [0.15, 0.2) is 30.3 Å². The van der Waals surface area contributed by atoms with Gasteiger partial charge in [-0.2, -0.15) is 38.4 Å². The van der Waals surface area contributed by atoms with Gasteiger partial charge in [0.1, 0.15) is 0 Å². The quantitative estimate of drug-likeness (QED) is 0.119. The van der Waals surface area contributed by atoms with E-state index in [2.05, 4.69) is 79.1 Å². The summed E-state index contributed by atoms with van der Waals surface area (Å²) in [5.74, 6) is -1.18. The van der Waals surface area contributed by atoms with Crippen LogP contribution in [0.4, 0.5) is 0 Å². The van der Waals surface area contributed by atoms with Gasteiger partial charge < -0.3 is 22.6 Å². The average molecular weight is 869 g/mol. The van der Waals surface area contributed by atoms with E-state index in [4.69, 9.17) is 50.7 Å². The number of carbonyl (C=O) groups is 2. The van der Waals surface area contributed by atoms with Crippen LogP contribution in [0.1, 0.15) is 89.5 Å². The molecule has 0 saturated heterocycles. The Balaban J connectivity index is -0.000000212. The maximum Gasteiger partial charge on any atom is 0.373 e. The fourth-order valence-electron chi connectivity index (χ4n) is 5.14. The summed E-state index contributed by atoms with van der Waals surface area (Å²) >= 11 is 0. The van der Waals surface area contributed by atoms with Crippen molar-refractivity contribution in [2.75, 3.05) is 0 Å². The lowest BCUT2D eigenvalue weighted by Crippen LogP contribution is -2.64. The Kier molecular flexibility index (Phi) is 48.1. The molecule has 0 radical (unpaired) electrons. The second kappa shape index (κ2) is 38.3. The number of aliphatic carboxylic acids is 2. The first-order chi connectivity index (χ1) is 23.9. The number of carbonyl (C=O) groups excluding carboxylic acids is 8. The van der Waals surface area contributed by atoms with Crippen molar-refractivity contribution in [3.05, 3.63) is 30.3 Å². The molecule has 2 atom stereocenters. The van der Waals surface area contributed by atoms with E-state index in [-0.39, 0.29) is 67.2 Å². The van der Waals surface area contributed by atoms with Crippen molar-refractivity contribution >= 4 is 75.5 Å². The third-order valence-electron chi connectivity index (χ3n) is 7.25. The van der Waals surface area contributed by atoms with Crippen molar-refractivity contribution in [2.24, 2.45) is 17.8 Å². The maximum absolute atomic E-state index is 11.4. The highest BCUT2D eigenvalue weighted by Gasteiger charge is 2.49. The molecule has 326 valence electrons. The van der Waals surface area contributed by atoms with Crippen LogP contribution in [0.25, 0.3) is 0 Å². The van der Waals surface area contributed by atoms with E-state index in [1.165, 1.54) is 0 Å². The van der Waals surface area contributed by atoms with E-state index in [1.807, 2.05) is 18.2 Å². The van der Waals surface area contributed by atoms with Gasteiger partial charge in [-0.15, -0.1) is 0 Å². The van der Waals surface area contributed by atoms with Gasteiger partial charge in [-0.3, -0.25) is 9.59 Å². The third kappa shape index (κ3) is 41.6. The minimum absolute atomic E-state index is 0. The highest BCUT2D eigenvalue weighted by atomic mass is 28.5. The molecule has 0 bridgehead atoms. The van der Waals surface area contributed by atoms with Gasteiger partial charge in [-0.05, 0) is 93.2 Å². The molecule has 0 saturated carbocycles. The summed E-state index contributed by atoms with van der Waals surface area (Å²) in [6.07, 6.45) is 3.38. The molecular weight excluding hydrogens is 797 g/mol. The fourth-order valence-corrected chi connectivity index (χ4v) is 25.3. The predicted molar refractivity (Wildman–Crippen MR) is 220 cm³/mol. The first-order valence-corrected chi connectivity index (χ1v) is 27.6. The molecule has 2 unspecified atom stereocenters. The number of carboxylic acid groups (broad SMARTS) is 2. The van der Waals surface area contributed by atoms with Gasteiger partial charge >= 0.3 is 53.7 Å². The first-order valence-electron chi connectivity index (χ1n) is 16.5. The minimum Gasteiger partial charge on any atom is -0.481 e. The Bertz CT molecular complexity index is 1220. The van der Waals surface area contributed by atoms with Crippen LogP contribution in [0.5, 0.6) is 0 Å². The van der Waals surface area contributed by atoms with Crippen LogP contribution >= 0.6 is 0 Å². The molecule has 0 aliphatic rings. The number of rotatable bonds is 20. The smallest absolute Gasteiger partial charge is 0.373 e. The van der Waals surface area contributed by atoms with Gasteiger partial charge in [-0.25, -0.2) is 0 Å². The van der Waals surface area contributed by atoms with Crippen molar-refractivity contribution in [1.82, 2.24) is 0 Å². The molecule has 0 amide bonds. The van der Waals surface area contributed by atoms with Crippen molar-refractivity contribution < 1.29 is 70.5 Å². The van der Waals surface area contributed by atoms with Crippen molar-refractivity contribution in [3.63, 3.8) is 0 Å². The molecule has 1 aromatic carbocycles. The van der Waals surface area contributed by atoms with Crippen LogP contribution in [-0.4, -0.2) is 80.5 Å². The van der Waals surface area contributed by atoms with E-state index in [1.54, 1.807) is 0 Å². The maximum atomic E-state index is 11.4. The second-order valence-corrected chi connectivity index (χ2v) is 29.8. The highest BCUT2D eigenvalue weighted by Crippen LogP contribution is 2.33. The largest absolute Gasteiger partial charge is 0.481 e. The normalized spacial score (nSPS) is 11.9. The molecule has 0 spiro atoms. The molecule has 19 heteroatoms. The molecule has 1 aromatic rings. The minimum atomic E-state index is -2.96. The highest BCUT2D eigenvalue weighted by molar-refractivity contribution is 6.95. The van der Waals surface area contributed by atoms with Crippen LogP contribution < -0.4 is 5.19 Å². The van der Waals surface area contributed by atoms with Crippen molar-refractivity contribution in [1.29, 1.82) is 0 Å². The van der Waals surface area contributed by atoms with Crippen molar-refractivity contribution in [2.45, 2.75) is 147 Å². The molecule has 56 heavy (non-hydrogen) atoms. The van der Waals surface area contributed by atoms with Gasteiger partial charge in [0.15, 0.2) is 16.6 Å². The SMILES string of the molecule is C.C.C.C.CC(C)CC[Si](C)(C)O[Si](C)(CCC(C)C)O[Si](C)(O[Si](C)(C)CCC(CC(=O)O)CC(=O)O)c1ccccc1.O=C=O.O=C=O.O=C=O.O=C=O.